The summed E-state index contributed by atoms with van der Waals surface area (Å²) in [6.45, 7) is 10.1. The van der Waals surface area contributed by atoms with E-state index in [-0.39, 0.29) is 5.91 Å². The minimum Gasteiger partial charge on any atom is -0.350 e. The predicted molar refractivity (Wildman–Crippen MR) is 80.2 cm³/mol. The summed E-state index contributed by atoms with van der Waals surface area (Å²) in [4.78, 5) is 13.2. The largest absolute Gasteiger partial charge is 0.350 e. The van der Waals surface area contributed by atoms with Crippen LogP contribution in [0.1, 0.15) is 26.6 Å². The van der Waals surface area contributed by atoms with Crippen molar-refractivity contribution in [2.75, 3.05) is 37.8 Å². The molecule has 0 radical (unpaired) electrons. The molecule has 1 aromatic rings. The highest BCUT2D eigenvalue weighted by molar-refractivity contribution is 7.99. The van der Waals surface area contributed by atoms with Gasteiger partial charge in [-0.25, -0.2) is 4.68 Å². The van der Waals surface area contributed by atoms with E-state index < -0.39 is 0 Å². The maximum Gasteiger partial charge on any atom is 0.230 e. The topological polar surface area (TPSA) is 90.3 Å². The second kappa shape index (κ2) is 8.80. The molecule has 1 heterocycles. The molecule has 0 bridgehead atoms. The van der Waals surface area contributed by atoms with Crippen LogP contribution in [0.15, 0.2) is 5.16 Å². The number of aryl methyl sites for hydroxylation is 1. The zero-order valence-electron chi connectivity index (χ0n) is 12.5. The number of likely N-dealkylation sites (N-methyl/N-ethyl adjacent to an activating group) is 1. The zero-order valence-corrected chi connectivity index (χ0v) is 13.3. The number of amides is 1. The number of nitrogens with two attached hydrogens (primary N) is 1. The van der Waals surface area contributed by atoms with Crippen LogP contribution >= 0.6 is 11.8 Å². The van der Waals surface area contributed by atoms with Gasteiger partial charge in [0.05, 0.1) is 31.9 Å². The van der Waals surface area contributed by atoms with Gasteiger partial charge in [0, 0.05) is 6.42 Å². The molecule has 0 unspecified atom stereocenters. The molecule has 1 amide bonds. The van der Waals surface area contributed by atoms with E-state index in [1.165, 1.54) is 21.3 Å². The average Bonchev–Trinajstić information content (AvgIpc) is 2.81. The van der Waals surface area contributed by atoms with Crippen molar-refractivity contribution in [3.63, 3.8) is 0 Å². The van der Waals surface area contributed by atoms with E-state index in [0.717, 1.165) is 31.9 Å². The van der Waals surface area contributed by atoms with E-state index in [2.05, 4.69) is 29.4 Å². The lowest BCUT2D eigenvalue weighted by Crippen LogP contribution is -3.12. The van der Waals surface area contributed by atoms with Gasteiger partial charge in [-0.2, -0.15) is 0 Å². The highest BCUT2D eigenvalue weighted by atomic mass is 32.2. The first kappa shape index (κ1) is 16.8. The van der Waals surface area contributed by atoms with Crippen LogP contribution in [0.25, 0.3) is 0 Å². The first-order chi connectivity index (χ1) is 9.62. The fraction of sp³-hybridized carbons (Fsp3) is 0.750. The summed E-state index contributed by atoms with van der Waals surface area (Å²) in [5.74, 6) is 6.85. The summed E-state index contributed by atoms with van der Waals surface area (Å²) < 4.78 is 1.44. The van der Waals surface area contributed by atoms with Crippen LogP contribution in [0.4, 0.5) is 0 Å². The molecule has 0 saturated heterocycles. The number of carbonyl (C=O) groups is 1. The van der Waals surface area contributed by atoms with Gasteiger partial charge in [-0.3, -0.25) is 4.79 Å². The van der Waals surface area contributed by atoms with E-state index in [1.54, 1.807) is 0 Å². The molecule has 0 aliphatic heterocycles. The van der Waals surface area contributed by atoms with Crippen molar-refractivity contribution in [2.45, 2.75) is 32.3 Å². The number of nitrogen functional groups attached to an aromatic ring is 1. The highest BCUT2D eigenvalue weighted by Gasteiger charge is 2.11. The summed E-state index contributed by atoms with van der Waals surface area (Å²) in [7, 11) is 0. The Morgan fingerprint density at radius 1 is 1.35 bits per heavy atom. The Kier molecular flexibility index (Phi) is 7.38. The molecule has 0 aliphatic rings. The van der Waals surface area contributed by atoms with E-state index in [0.29, 0.717) is 17.5 Å². The number of nitrogens with zero attached hydrogens (tertiary/aromatic N) is 3. The Labute approximate surface area is 124 Å². The van der Waals surface area contributed by atoms with Gasteiger partial charge < -0.3 is 16.1 Å². The van der Waals surface area contributed by atoms with Crippen molar-refractivity contribution in [1.29, 1.82) is 0 Å². The van der Waals surface area contributed by atoms with Crippen LogP contribution in [0.3, 0.4) is 0 Å². The van der Waals surface area contributed by atoms with Crippen LogP contribution < -0.4 is 16.1 Å². The molecule has 0 saturated carbocycles. The lowest BCUT2D eigenvalue weighted by molar-refractivity contribution is -0.895. The summed E-state index contributed by atoms with van der Waals surface area (Å²) in [6, 6.07) is 0. The quantitative estimate of drug-likeness (QED) is 0.389. The van der Waals surface area contributed by atoms with Gasteiger partial charge in [0.15, 0.2) is 5.82 Å². The minimum absolute atomic E-state index is 0.00241. The average molecular weight is 301 g/mol. The standard InChI is InChI=1S/C12H24N6OS/c1-4-10-15-16-12(18(10)13)20-9-11(19)14-7-8-17(5-2)6-3/h4-9,13H2,1-3H3,(H,14,19)/p+1. The SMILES string of the molecule is CCc1nnc(SCC(=O)NCC[NH+](CC)CC)n1N. The summed E-state index contributed by atoms with van der Waals surface area (Å²) in [5, 5.41) is 11.4. The van der Waals surface area contributed by atoms with Gasteiger partial charge in [-0.1, -0.05) is 18.7 Å². The van der Waals surface area contributed by atoms with Crippen molar-refractivity contribution in [3.05, 3.63) is 5.82 Å². The molecule has 0 atom stereocenters. The van der Waals surface area contributed by atoms with Crippen LogP contribution in [-0.2, 0) is 11.2 Å². The smallest absolute Gasteiger partial charge is 0.230 e. The van der Waals surface area contributed by atoms with Gasteiger partial charge in [0.2, 0.25) is 11.1 Å². The van der Waals surface area contributed by atoms with Gasteiger partial charge >= 0.3 is 0 Å². The Morgan fingerprint density at radius 2 is 2.05 bits per heavy atom. The van der Waals surface area contributed by atoms with E-state index >= 15 is 0 Å². The molecular weight excluding hydrogens is 276 g/mol. The maximum atomic E-state index is 11.7. The predicted octanol–water partition coefficient (Wildman–Crippen LogP) is -1.31. The molecule has 0 fully saturated rings. The van der Waals surface area contributed by atoms with Crippen molar-refractivity contribution in [3.8, 4) is 0 Å². The number of hydrogen-bond donors (Lipinski definition) is 3. The molecular formula is C12H25N6OS+. The lowest BCUT2D eigenvalue weighted by atomic mass is 10.4. The second-order valence-corrected chi connectivity index (χ2v) is 5.41. The third kappa shape index (κ3) is 5.01. The van der Waals surface area contributed by atoms with Gasteiger partial charge in [-0.15, -0.1) is 10.2 Å². The van der Waals surface area contributed by atoms with Crippen molar-refractivity contribution < 1.29 is 9.69 Å². The summed E-state index contributed by atoms with van der Waals surface area (Å²) >= 11 is 1.31. The fourth-order valence-electron chi connectivity index (χ4n) is 1.81. The zero-order chi connectivity index (χ0) is 15.0. The molecule has 4 N–H and O–H groups in total. The van der Waals surface area contributed by atoms with Crippen LogP contribution in [0, 0.1) is 0 Å². The van der Waals surface area contributed by atoms with Crippen LogP contribution in [0.5, 0.6) is 0 Å². The first-order valence-electron chi connectivity index (χ1n) is 7.04. The van der Waals surface area contributed by atoms with Crippen molar-refractivity contribution in [1.82, 2.24) is 20.2 Å². The molecule has 1 rings (SSSR count). The highest BCUT2D eigenvalue weighted by Crippen LogP contribution is 2.13. The number of hydrogen-bond acceptors (Lipinski definition) is 5. The number of rotatable bonds is 9. The Bertz CT molecular complexity index is 418. The van der Waals surface area contributed by atoms with Gasteiger partial charge in [0.25, 0.3) is 0 Å². The monoisotopic (exact) mass is 301 g/mol. The Morgan fingerprint density at radius 3 is 2.60 bits per heavy atom. The Balaban J connectivity index is 2.27. The third-order valence-corrected chi connectivity index (χ3v) is 4.13. The third-order valence-electron chi connectivity index (χ3n) is 3.18. The Hall–Kier alpha value is -1.28. The van der Waals surface area contributed by atoms with Gasteiger partial charge in [0.1, 0.15) is 0 Å². The number of aromatic nitrogens is 3. The second-order valence-electron chi connectivity index (χ2n) is 4.47. The molecule has 114 valence electrons. The maximum absolute atomic E-state index is 11.7. The molecule has 1 aromatic heterocycles. The summed E-state index contributed by atoms with van der Waals surface area (Å²) in [5.41, 5.74) is 0. The molecule has 8 heteroatoms. The summed E-state index contributed by atoms with van der Waals surface area (Å²) in [6.07, 6.45) is 0.725. The number of quaternary nitrogens is 1. The number of carbonyl (C=O) groups excluding carboxylic acids is 1. The molecule has 0 spiro atoms. The van der Waals surface area contributed by atoms with Crippen LogP contribution in [-0.4, -0.2) is 52.7 Å². The molecule has 0 aliphatic carbocycles. The van der Waals surface area contributed by atoms with Crippen molar-refractivity contribution >= 4 is 17.7 Å². The van der Waals surface area contributed by atoms with E-state index in [9.17, 15) is 4.79 Å². The normalized spacial score (nSPS) is 11.0. The number of thioether (sulfide) groups is 1. The molecule has 0 aromatic carbocycles. The minimum atomic E-state index is 0.00241. The first-order valence-corrected chi connectivity index (χ1v) is 8.03. The van der Waals surface area contributed by atoms with Crippen molar-refractivity contribution in [2.24, 2.45) is 0 Å². The number of nitrogens with one attached hydrogen (secondary N) is 2. The molecule has 20 heavy (non-hydrogen) atoms. The fourth-order valence-corrected chi connectivity index (χ4v) is 2.52. The van der Waals surface area contributed by atoms with E-state index in [4.69, 9.17) is 5.84 Å². The van der Waals surface area contributed by atoms with E-state index in [1.807, 2.05) is 6.92 Å². The van der Waals surface area contributed by atoms with Gasteiger partial charge in [-0.05, 0) is 13.8 Å². The van der Waals surface area contributed by atoms with Crippen LogP contribution in [0.2, 0.25) is 0 Å². The lowest BCUT2D eigenvalue weighted by Gasteiger charge is -2.15. The molecule has 7 nitrogen and oxygen atoms in total.